The zero-order valence-electron chi connectivity index (χ0n) is 20.0. The number of amides is 1. The summed E-state index contributed by atoms with van der Waals surface area (Å²) in [5.41, 5.74) is 16.8. The number of rotatable bonds is 6. The van der Waals surface area contributed by atoms with Crippen LogP contribution in [0.1, 0.15) is 36.5 Å². The molecule has 0 aliphatic carbocycles. The number of nitrogens with two attached hydrogens (primary N) is 2. The van der Waals surface area contributed by atoms with Crippen LogP contribution in [0.15, 0.2) is 48.5 Å². The normalized spacial score (nSPS) is 15.7. The molecule has 3 heterocycles. The summed E-state index contributed by atoms with van der Waals surface area (Å²) in [6.07, 6.45) is 2.79. The minimum absolute atomic E-state index is 0. The lowest BCUT2D eigenvalue weighted by molar-refractivity contribution is 0.0709. The number of halogens is 2. The fraction of sp³-hybridized carbons (Fsp3) is 0.385. The zero-order valence-corrected chi connectivity index (χ0v) is 21.7. The van der Waals surface area contributed by atoms with E-state index < -0.39 is 0 Å². The van der Waals surface area contributed by atoms with Crippen LogP contribution in [0.3, 0.4) is 0 Å². The van der Waals surface area contributed by atoms with Gasteiger partial charge >= 0.3 is 0 Å². The molecule has 0 radical (unpaired) electrons. The summed E-state index contributed by atoms with van der Waals surface area (Å²) >= 11 is 0. The van der Waals surface area contributed by atoms with Gasteiger partial charge in [-0.3, -0.25) is 4.79 Å². The van der Waals surface area contributed by atoms with Crippen molar-refractivity contribution in [3.05, 3.63) is 54.1 Å². The molecule has 0 saturated carbocycles. The summed E-state index contributed by atoms with van der Waals surface area (Å²) in [5.74, 6) is 0.953. The molecule has 188 valence electrons. The molecule has 1 aliphatic heterocycles. The highest BCUT2D eigenvalue weighted by atomic mass is 35.5. The Balaban J connectivity index is 0.00000171. The Kier molecular flexibility index (Phi) is 8.83. The number of piperidine rings is 1. The molecule has 1 saturated heterocycles. The molecule has 9 heteroatoms. The van der Waals surface area contributed by atoms with Crippen LogP contribution in [0, 0.1) is 0 Å². The second kappa shape index (κ2) is 11.4. The number of fused-ring (bicyclic) bond motifs is 2. The largest absolute Gasteiger partial charge is 0.338 e. The average Bonchev–Trinajstić information content (AvgIpc) is 3.39. The van der Waals surface area contributed by atoms with Gasteiger partial charge in [0.25, 0.3) is 5.91 Å². The van der Waals surface area contributed by atoms with Crippen molar-refractivity contribution in [1.82, 2.24) is 19.0 Å². The second-order valence-electron chi connectivity index (χ2n) is 8.92. The summed E-state index contributed by atoms with van der Waals surface area (Å²) in [5, 5.41) is 1.20. The number of hydrogen-bond donors (Lipinski definition) is 2. The molecular weight excluding hydrogens is 483 g/mol. The van der Waals surface area contributed by atoms with Gasteiger partial charge in [-0.05, 0) is 63.1 Å². The quantitative estimate of drug-likeness (QED) is 0.396. The molecule has 0 bridgehead atoms. The number of imidazole rings is 1. The monoisotopic (exact) mass is 516 g/mol. The summed E-state index contributed by atoms with van der Waals surface area (Å²) in [4.78, 5) is 20.1. The topological polar surface area (TPSA) is 95.1 Å². The Morgan fingerprint density at radius 3 is 2.63 bits per heavy atom. The number of aryl methyl sites for hydroxylation is 2. The molecule has 0 unspecified atom stereocenters. The van der Waals surface area contributed by atoms with Gasteiger partial charge in [0.15, 0.2) is 5.82 Å². The first-order valence-corrected chi connectivity index (χ1v) is 11.9. The highest BCUT2D eigenvalue weighted by Gasteiger charge is 2.24. The van der Waals surface area contributed by atoms with Gasteiger partial charge in [-0.2, -0.15) is 0 Å². The van der Waals surface area contributed by atoms with Crippen LogP contribution in [0.4, 0.5) is 0 Å². The van der Waals surface area contributed by atoms with E-state index in [0.717, 1.165) is 61.4 Å². The van der Waals surface area contributed by atoms with Gasteiger partial charge in [-0.25, -0.2) is 4.98 Å². The van der Waals surface area contributed by atoms with Crippen LogP contribution in [0.25, 0.3) is 33.5 Å². The summed E-state index contributed by atoms with van der Waals surface area (Å²) < 4.78 is 4.55. The molecule has 5 rings (SSSR count). The maximum atomic E-state index is 13.2. The van der Waals surface area contributed by atoms with Gasteiger partial charge in [0.1, 0.15) is 0 Å². The van der Waals surface area contributed by atoms with E-state index in [2.05, 4.69) is 46.4 Å². The zero-order chi connectivity index (χ0) is 22.9. The molecule has 0 spiro atoms. The average molecular weight is 518 g/mol. The Bertz CT molecular complexity index is 1310. The molecule has 4 N–H and O–H groups in total. The van der Waals surface area contributed by atoms with Crippen LogP contribution in [0.2, 0.25) is 0 Å². The molecule has 4 aromatic rings. The van der Waals surface area contributed by atoms with Gasteiger partial charge in [0.2, 0.25) is 0 Å². The minimum Gasteiger partial charge on any atom is -0.338 e. The summed E-state index contributed by atoms with van der Waals surface area (Å²) in [7, 11) is 0. The summed E-state index contributed by atoms with van der Waals surface area (Å²) in [6.45, 7) is 5.77. The van der Waals surface area contributed by atoms with E-state index >= 15 is 0 Å². The first kappa shape index (κ1) is 27.0. The van der Waals surface area contributed by atoms with E-state index in [0.29, 0.717) is 18.7 Å². The van der Waals surface area contributed by atoms with Crippen LogP contribution in [-0.2, 0) is 13.1 Å². The van der Waals surface area contributed by atoms with Crippen molar-refractivity contribution in [1.29, 1.82) is 0 Å². The number of likely N-dealkylation sites (tertiary alicyclic amines) is 1. The van der Waals surface area contributed by atoms with Crippen LogP contribution in [0.5, 0.6) is 0 Å². The third-order valence-electron chi connectivity index (χ3n) is 6.68. The van der Waals surface area contributed by atoms with Crippen molar-refractivity contribution >= 4 is 52.7 Å². The molecule has 2 aromatic heterocycles. The number of carbonyl (C=O) groups is 1. The standard InChI is InChI=1S/C26H32N6O.2ClH/c1-2-31-22-9-4-3-7-18(22)16-24(31)25-29-21-15-19(10-11-23(21)32(25)14-6-12-27)26(33)30-13-5-8-20(28)17-30;;/h3-4,7,9-11,15-16,20H,2,5-6,8,12-14,17,27-28H2,1H3;2*1H/t20-;;/m0../s1. The Morgan fingerprint density at radius 2 is 1.89 bits per heavy atom. The van der Waals surface area contributed by atoms with E-state index in [1.54, 1.807) is 0 Å². The van der Waals surface area contributed by atoms with E-state index in [1.165, 1.54) is 10.9 Å². The van der Waals surface area contributed by atoms with Gasteiger partial charge < -0.3 is 25.5 Å². The number of carbonyl (C=O) groups excluding carboxylic acids is 1. The highest BCUT2D eigenvalue weighted by molar-refractivity contribution is 5.98. The minimum atomic E-state index is 0. The maximum absolute atomic E-state index is 13.2. The van der Waals surface area contributed by atoms with Gasteiger partial charge in [-0.1, -0.05) is 18.2 Å². The molecule has 1 amide bonds. The SMILES string of the molecule is CCn1c(-c2nc3cc(C(=O)N4CCC[C@H](N)C4)ccc3n2CCCN)cc2ccccc21.Cl.Cl. The third-order valence-corrected chi connectivity index (χ3v) is 6.68. The van der Waals surface area contributed by atoms with E-state index in [9.17, 15) is 4.79 Å². The van der Waals surface area contributed by atoms with Crippen LogP contribution in [-0.4, -0.2) is 50.6 Å². The van der Waals surface area contributed by atoms with Crippen molar-refractivity contribution < 1.29 is 4.79 Å². The Hall–Kier alpha value is -2.58. The maximum Gasteiger partial charge on any atom is 0.253 e. The van der Waals surface area contributed by atoms with E-state index in [-0.39, 0.29) is 36.8 Å². The highest BCUT2D eigenvalue weighted by Crippen LogP contribution is 2.31. The van der Waals surface area contributed by atoms with Crippen molar-refractivity contribution in [2.24, 2.45) is 11.5 Å². The van der Waals surface area contributed by atoms with Crippen LogP contribution < -0.4 is 11.5 Å². The van der Waals surface area contributed by atoms with Crippen molar-refractivity contribution in [3.8, 4) is 11.5 Å². The molecule has 7 nitrogen and oxygen atoms in total. The second-order valence-corrected chi connectivity index (χ2v) is 8.92. The third kappa shape index (κ3) is 5.05. The first-order valence-electron chi connectivity index (χ1n) is 11.9. The molecule has 35 heavy (non-hydrogen) atoms. The number of benzene rings is 2. The fourth-order valence-electron chi connectivity index (χ4n) is 5.05. The van der Waals surface area contributed by atoms with Crippen molar-refractivity contribution in [3.63, 3.8) is 0 Å². The van der Waals surface area contributed by atoms with E-state index in [1.807, 2.05) is 23.1 Å². The van der Waals surface area contributed by atoms with Crippen molar-refractivity contribution in [2.45, 2.75) is 45.3 Å². The predicted molar refractivity (Wildman–Crippen MR) is 148 cm³/mol. The number of nitrogens with zero attached hydrogens (tertiary/aromatic N) is 4. The lowest BCUT2D eigenvalue weighted by Gasteiger charge is -2.30. The first-order chi connectivity index (χ1) is 16.1. The van der Waals surface area contributed by atoms with Crippen molar-refractivity contribution in [2.75, 3.05) is 19.6 Å². The lowest BCUT2D eigenvalue weighted by atomic mass is 10.1. The van der Waals surface area contributed by atoms with E-state index in [4.69, 9.17) is 16.5 Å². The lowest BCUT2D eigenvalue weighted by Crippen LogP contribution is -2.45. The Labute approximate surface area is 218 Å². The van der Waals surface area contributed by atoms with Gasteiger partial charge in [0.05, 0.1) is 16.7 Å². The summed E-state index contributed by atoms with van der Waals surface area (Å²) in [6, 6.07) is 16.6. The predicted octanol–water partition coefficient (Wildman–Crippen LogP) is 4.43. The van der Waals surface area contributed by atoms with Gasteiger partial charge in [0, 0.05) is 48.7 Å². The molecule has 1 atom stereocenters. The fourth-order valence-corrected chi connectivity index (χ4v) is 5.05. The Morgan fingerprint density at radius 1 is 1.09 bits per heavy atom. The molecular formula is C26H34Cl2N6O. The number of aromatic nitrogens is 3. The van der Waals surface area contributed by atoms with Gasteiger partial charge in [-0.15, -0.1) is 24.8 Å². The number of hydrogen-bond acceptors (Lipinski definition) is 4. The molecule has 1 aliphatic rings. The van der Waals surface area contributed by atoms with Crippen LogP contribution >= 0.6 is 24.8 Å². The smallest absolute Gasteiger partial charge is 0.253 e. The molecule has 2 aromatic carbocycles. The number of para-hydroxylation sites is 1. The molecule has 1 fully saturated rings.